The maximum atomic E-state index is 13.8. The molecule has 1 aliphatic rings. The molecular weight excluding hydrogens is 506 g/mol. The quantitative estimate of drug-likeness (QED) is 0.322. The number of benzene rings is 3. The van der Waals surface area contributed by atoms with Crippen LogP contribution in [-0.4, -0.2) is 42.0 Å². The van der Waals surface area contributed by atoms with Gasteiger partial charge in [0.25, 0.3) is 5.91 Å². The highest BCUT2D eigenvalue weighted by molar-refractivity contribution is 6.31. The van der Waals surface area contributed by atoms with Gasteiger partial charge < -0.3 is 24.8 Å². The summed E-state index contributed by atoms with van der Waals surface area (Å²) in [4.78, 5) is 18.5. The molecule has 0 saturated carbocycles. The van der Waals surface area contributed by atoms with Crippen LogP contribution in [0.4, 0.5) is 11.6 Å². The molecule has 3 aromatic carbocycles. The van der Waals surface area contributed by atoms with Gasteiger partial charge in [-0.15, -0.1) is 5.10 Å². The van der Waals surface area contributed by atoms with E-state index in [0.29, 0.717) is 62.1 Å². The number of halogens is 1. The fourth-order valence-corrected chi connectivity index (χ4v) is 4.66. The summed E-state index contributed by atoms with van der Waals surface area (Å²) in [5.41, 5.74) is 3.02. The first-order chi connectivity index (χ1) is 18.4. The van der Waals surface area contributed by atoms with Crippen LogP contribution in [0.15, 0.2) is 78.0 Å². The minimum Gasteiger partial charge on any atom is -0.497 e. The number of aromatic nitrogens is 3. The van der Waals surface area contributed by atoms with Crippen molar-refractivity contribution < 1.29 is 19.0 Å². The van der Waals surface area contributed by atoms with Gasteiger partial charge >= 0.3 is 0 Å². The third-order valence-corrected chi connectivity index (χ3v) is 6.61. The van der Waals surface area contributed by atoms with E-state index in [4.69, 9.17) is 35.9 Å². The van der Waals surface area contributed by atoms with Crippen molar-refractivity contribution in [1.82, 2.24) is 14.8 Å². The predicted molar refractivity (Wildman–Crippen MR) is 146 cm³/mol. The summed E-state index contributed by atoms with van der Waals surface area (Å²) >= 11 is 6.66. The number of ether oxygens (including phenoxy) is 3. The van der Waals surface area contributed by atoms with Crippen molar-refractivity contribution in [2.24, 2.45) is 0 Å². The molecule has 1 amide bonds. The Kier molecular flexibility index (Phi) is 6.93. The maximum Gasteiger partial charge on any atom is 0.255 e. The molecule has 0 spiro atoms. The van der Waals surface area contributed by atoms with E-state index in [1.807, 2.05) is 49.4 Å². The van der Waals surface area contributed by atoms with Gasteiger partial charge in [-0.25, -0.2) is 4.68 Å². The molecule has 2 N–H and O–H groups in total. The number of anilines is 2. The molecule has 38 heavy (non-hydrogen) atoms. The van der Waals surface area contributed by atoms with Crippen molar-refractivity contribution >= 4 is 29.1 Å². The third kappa shape index (κ3) is 4.64. The largest absolute Gasteiger partial charge is 0.497 e. The SMILES string of the molecule is COc1cc(OC)cc(-c2nc3n(n2)C(c2ccccc2Cl)C(C(=O)Nc2ccccc2OC)=C(C)N3)c1. The fraction of sp³-hybridized carbons (Fsp3) is 0.179. The van der Waals surface area contributed by atoms with E-state index in [9.17, 15) is 4.79 Å². The number of rotatable bonds is 7. The molecule has 0 radical (unpaired) electrons. The minimum atomic E-state index is -0.650. The van der Waals surface area contributed by atoms with E-state index in [1.54, 1.807) is 50.3 Å². The molecular formula is C28H26ClN5O4. The van der Waals surface area contributed by atoms with Gasteiger partial charge in [0.15, 0.2) is 5.82 Å². The molecule has 1 aromatic heterocycles. The lowest BCUT2D eigenvalue weighted by atomic mass is 9.95. The lowest BCUT2D eigenvalue weighted by molar-refractivity contribution is -0.113. The predicted octanol–water partition coefficient (Wildman–Crippen LogP) is 5.55. The highest BCUT2D eigenvalue weighted by Crippen LogP contribution is 2.40. The van der Waals surface area contributed by atoms with Gasteiger partial charge in [-0.3, -0.25) is 4.79 Å². The highest BCUT2D eigenvalue weighted by atomic mass is 35.5. The Labute approximate surface area is 225 Å². The van der Waals surface area contributed by atoms with Gasteiger partial charge in [0, 0.05) is 27.9 Å². The van der Waals surface area contributed by atoms with Crippen molar-refractivity contribution in [3.63, 3.8) is 0 Å². The summed E-state index contributed by atoms with van der Waals surface area (Å²) < 4.78 is 17.9. The summed E-state index contributed by atoms with van der Waals surface area (Å²) in [7, 11) is 4.72. The van der Waals surface area contributed by atoms with Crippen molar-refractivity contribution in [3.05, 3.63) is 88.6 Å². The van der Waals surface area contributed by atoms with Crippen molar-refractivity contribution in [2.75, 3.05) is 32.0 Å². The number of nitrogens with zero attached hydrogens (tertiary/aromatic N) is 3. The number of methoxy groups -OCH3 is 3. The molecule has 194 valence electrons. The number of carbonyl (C=O) groups is 1. The van der Waals surface area contributed by atoms with Crippen LogP contribution in [-0.2, 0) is 4.79 Å². The first kappa shape index (κ1) is 25.2. The Morgan fingerprint density at radius 3 is 2.34 bits per heavy atom. The number of hydrogen-bond acceptors (Lipinski definition) is 7. The van der Waals surface area contributed by atoms with Gasteiger partial charge in [-0.05, 0) is 37.3 Å². The number of allylic oxidation sites excluding steroid dienone is 1. The number of fused-ring (bicyclic) bond motifs is 1. The Hall–Kier alpha value is -4.50. The Balaban J connectivity index is 1.62. The summed E-state index contributed by atoms with van der Waals surface area (Å²) in [6.07, 6.45) is 0. The normalized spacial score (nSPS) is 14.4. The van der Waals surface area contributed by atoms with E-state index < -0.39 is 6.04 Å². The van der Waals surface area contributed by atoms with E-state index in [1.165, 1.54) is 0 Å². The van der Waals surface area contributed by atoms with Crippen LogP contribution in [0.2, 0.25) is 5.02 Å². The van der Waals surface area contributed by atoms with Gasteiger partial charge in [0.2, 0.25) is 5.95 Å². The molecule has 5 rings (SSSR count). The van der Waals surface area contributed by atoms with Crippen molar-refractivity contribution in [1.29, 1.82) is 0 Å². The molecule has 1 aliphatic heterocycles. The second kappa shape index (κ2) is 10.5. The second-order valence-corrected chi connectivity index (χ2v) is 8.95. The Bertz CT molecular complexity index is 1530. The third-order valence-electron chi connectivity index (χ3n) is 6.26. The zero-order chi connectivity index (χ0) is 26.8. The van der Waals surface area contributed by atoms with E-state index in [2.05, 4.69) is 10.6 Å². The molecule has 1 atom stereocenters. The Morgan fingerprint density at radius 2 is 1.66 bits per heavy atom. The average Bonchev–Trinajstić information content (AvgIpc) is 3.36. The van der Waals surface area contributed by atoms with Crippen LogP contribution < -0.4 is 24.8 Å². The minimum absolute atomic E-state index is 0.324. The molecule has 4 aromatic rings. The lowest BCUT2D eigenvalue weighted by Gasteiger charge is -2.29. The summed E-state index contributed by atoms with van der Waals surface area (Å²) in [6, 6.07) is 19.4. The zero-order valence-corrected chi connectivity index (χ0v) is 22.0. The van der Waals surface area contributed by atoms with Crippen LogP contribution in [0.1, 0.15) is 18.5 Å². The summed E-state index contributed by atoms with van der Waals surface area (Å²) in [5.74, 6) is 2.34. The number of hydrogen-bond donors (Lipinski definition) is 2. The molecule has 0 bridgehead atoms. The number of para-hydroxylation sites is 2. The molecule has 0 aliphatic carbocycles. The summed E-state index contributed by atoms with van der Waals surface area (Å²) in [5, 5.41) is 11.5. The molecule has 2 heterocycles. The topological polar surface area (TPSA) is 99.5 Å². The van der Waals surface area contributed by atoms with Gasteiger partial charge in [0.05, 0.1) is 32.6 Å². The first-order valence-electron chi connectivity index (χ1n) is 11.8. The van der Waals surface area contributed by atoms with Crippen LogP contribution in [0.5, 0.6) is 17.2 Å². The first-order valence-corrected chi connectivity index (χ1v) is 12.2. The summed E-state index contributed by atoms with van der Waals surface area (Å²) in [6.45, 7) is 1.83. The molecule has 0 saturated heterocycles. The monoisotopic (exact) mass is 531 g/mol. The van der Waals surface area contributed by atoms with Crippen LogP contribution >= 0.6 is 11.6 Å². The number of amides is 1. The van der Waals surface area contributed by atoms with E-state index >= 15 is 0 Å². The molecule has 1 unspecified atom stereocenters. The second-order valence-electron chi connectivity index (χ2n) is 8.55. The van der Waals surface area contributed by atoms with E-state index in [0.717, 1.165) is 0 Å². The van der Waals surface area contributed by atoms with Crippen LogP contribution in [0.25, 0.3) is 11.4 Å². The Morgan fingerprint density at radius 1 is 0.974 bits per heavy atom. The highest BCUT2D eigenvalue weighted by Gasteiger charge is 2.36. The van der Waals surface area contributed by atoms with Crippen LogP contribution in [0, 0.1) is 0 Å². The van der Waals surface area contributed by atoms with Crippen molar-refractivity contribution in [2.45, 2.75) is 13.0 Å². The van der Waals surface area contributed by atoms with E-state index in [-0.39, 0.29) is 5.91 Å². The molecule has 9 nitrogen and oxygen atoms in total. The molecule has 10 heteroatoms. The smallest absolute Gasteiger partial charge is 0.255 e. The van der Waals surface area contributed by atoms with Crippen molar-refractivity contribution in [3.8, 4) is 28.6 Å². The fourth-order valence-electron chi connectivity index (χ4n) is 4.43. The van der Waals surface area contributed by atoms with Gasteiger partial charge in [-0.1, -0.05) is 41.9 Å². The standard InChI is InChI=1S/C28H26ClN5O4/c1-16-24(27(35)31-22-11-7-8-12-23(22)38-4)25(20-9-5-6-10-21(20)29)34-28(30-16)32-26(33-34)17-13-18(36-2)15-19(14-17)37-3/h5-15,25H,1-4H3,(H,31,35)(H,30,32,33). The van der Waals surface area contributed by atoms with Crippen LogP contribution in [0.3, 0.4) is 0 Å². The number of carbonyl (C=O) groups excluding carboxylic acids is 1. The van der Waals surface area contributed by atoms with Gasteiger partial charge in [0.1, 0.15) is 23.3 Å². The maximum absolute atomic E-state index is 13.8. The van der Waals surface area contributed by atoms with Gasteiger partial charge in [-0.2, -0.15) is 4.98 Å². The number of nitrogens with one attached hydrogen (secondary N) is 2. The molecule has 0 fully saturated rings. The average molecular weight is 532 g/mol. The lowest BCUT2D eigenvalue weighted by Crippen LogP contribution is -2.31. The zero-order valence-electron chi connectivity index (χ0n) is 21.3.